The third-order valence-electron chi connectivity index (χ3n) is 13.9. The van der Waals surface area contributed by atoms with Crippen LogP contribution in [0.5, 0.6) is 0 Å². The van der Waals surface area contributed by atoms with Crippen molar-refractivity contribution in [3.05, 3.63) is 278 Å². The largest absolute Gasteiger partial charge is 0.308 e. The van der Waals surface area contributed by atoms with Crippen LogP contribution in [0.15, 0.2) is 212 Å². The van der Waals surface area contributed by atoms with Gasteiger partial charge in [0.2, 0.25) is 0 Å². The number of aryl methyl sites for hydroxylation is 2. The lowest BCUT2D eigenvalue weighted by Crippen LogP contribution is -2.40. The number of allylic oxidation sites excluding steroid dienone is 4. The van der Waals surface area contributed by atoms with Gasteiger partial charge < -0.3 is 5.41 Å². The van der Waals surface area contributed by atoms with Crippen molar-refractivity contribution in [1.29, 1.82) is 5.41 Å². The molecule has 0 aliphatic heterocycles. The van der Waals surface area contributed by atoms with Crippen molar-refractivity contribution in [2.75, 3.05) is 0 Å². The molecule has 1 unspecified atom stereocenters. The van der Waals surface area contributed by atoms with Crippen molar-refractivity contribution in [2.24, 2.45) is 5.92 Å². The van der Waals surface area contributed by atoms with Crippen LogP contribution in [-0.2, 0) is 10.8 Å². The summed E-state index contributed by atoms with van der Waals surface area (Å²) in [6.07, 6.45) is 12.1. The molecule has 0 fully saturated rings. The van der Waals surface area contributed by atoms with E-state index in [1.807, 2.05) is 24.3 Å². The second-order valence-electron chi connectivity index (χ2n) is 18.1. The molecular weight excluding hydrogens is 771 g/mol. The lowest BCUT2D eigenvalue weighted by atomic mass is 9.55. The summed E-state index contributed by atoms with van der Waals surface area (Å²) in [5, 5.41) is 11.2. The summed E-state index contributed by atoms with van der Waals surface area (Å²) in [6.45, 7) is 8.91. The smallest absolute Gasteiger partial charge is 0.0719 e. The first-order valence-corrected chi connectivity index (χ1v) is 22.6. The Balaban J connectivity index is 0.000000199. The van der Waals surface area contributed by atoms with E-state index in [9.17, 15) is 0 Å². The predicted octanol–water partition coefficient (Wildman–Crippen LogP) is 13.9. The molecule has 0 heterocycles. The van der Waals surface area contributed by atoms with Crippen LogP contribution in [0.2, 0.25) is 0 Å². The van der Waals surface area contributed by atoms with Gasteiger partial charge in [-0.05, 0) is 115 Å². The summed E-state index contributed by atoms with van der Waals surface area (Å²) in [5.74, 6) is 0.426. The van der Waals surface area contributed by atoms with Gasteiger partial charge in [-0.15, -0.1) is 0 Å². The minimum absolute atomic E-state index is 0.125. The molecule has 12 rings (SSSR count). The van der Waals surface area contributed by atoms with Gasteiger partial charge in [-0.1, -0.05) is 231 Å². The number of rotatable bonds is 3. The van der Waals surface area contributed by atoms with Crippen LogP contribution in [0, 0.1) is 25.2 Å². The molecule has 8 aromatic rings. The molecule has 8 aromatic carbocycles. The van der Waals surface area contributed by atoms with Crippen molar-refractivity contribution in [2.45, 2.75) is 44.9 Å². The molecule has 0 saturated heterocycles. The standard InChI is InChI=1S/C43H33N.C13H12.C7H8/c1-42(2)36-13-5-7-15-38(36)43(39-16-8-6-14-37(39)42)35-23-22-30(25-34(35)41-31(26-44)11-9-17-40(41)43)29-21-20-28-19-18-27-10-3-4-12-32(27)33(28)24-29;1-11-7-9-13(10-8-11)12-5-3-2-4-6-12;1-7-5-3-2-4-6-7/h3-18,20-26,28,44H,19H2,1-2H3;2-10H,1H3;2-6H,1H3. The van der Waals surface area contributed by atoms with Gasteiger partial charge in [0.1, 0.15) is 0 Å². The summed E-state index contributed by atoms with van der Waals surface area (Å²) in [4.78, 5) is 0. The lowest BCUT2D eigenvalue weighted by molar-refractivity contribution is 0.563. The highest BCUT2D eigenvalue weighted by atomic mass is 14.5. The van der Waals surface area contributed by atoms with Crippen LogP contribution in [0.3, 0.4) is 0 Å². The van der Waals surface area contributed by atoms with E-state index < -0.39 is 5.41 Å². The molecule has 64 heavy (non-hydrogen) atoms. The third-order valence-corrected chi connectivity index (χ3v) is 13.9. The van der Waals surface area contributed by atoms with Gasteiger partial charge in [0.15, 0.2) is 0 Å². The van der Waals surface area contributed by atoms with Gasteiger partial charge >= 0.3 is 0 Å². The van der Waals surface area contributed by atoms with E-state index in [0.29, 0.717) is 5.92 Å². The summed E-state index contributed by atoms with van der Waals surface area (Å²) in [7, 11) is 0. The zero-order chi connectivity index (χ0) is 43.8. The first-order valence-electron chi connectivity index (χ1n) is 22.6. The van der Waals surface area contributed by atoms with Gasteiger partial charge in [-0.2, -0.15) is 0 Å². The average molecular weight is 824 g/mol. The molecule has 310 valence electrons. The molecule has 0 saturated carbocycles. The Morgan fingerprint density at radius 3 is 1.73 bits per heavy atom. The van der Waals surface area contributed by atoms with Crippen LogP contribution in [-0.4, -0.2) is 6.21 Å². The molecule has 0 radical (unpaired) electrons. The Morgan fingerprint density at radius 1 is 0.516 bits per heavy atom. The second-order valence-corrected chi connectivity index (χ2v) is 18.1. The van der Waals surface area contributed by atoms with Gasteiger partial charge in [0.25, 0.3) is 0 Å². The van der Waals surface area contributed by atoms with Crippen molar-refractivity contribution < 1.29 is 0 Å². The molecule has 1 nitrogen and oxygen atoms in total. The molecule has 4 aliphatic rings. The number of nitrogens with one attached hydrogen (secondary N) is 1. The van der Waals surface area contributed by atoms with Gasteiger partial charge in [0, 0.05) is 23.1 Å². The van der Waals surface area contributed by atoms with Crippen LogP contribution in [0.25, 0.3) is 39.5 Å². The fourth-order valence-corrected chi connectivity index (χ4v) is 10.7. The van der Waals surface area contributed by atoms with Crippen LogP contribution in [0.4, 0.5) is 0 Å². The number of hydrogen-bond donors (Lipinski definition) is 1. The third kappa shape index (κ3) is 6.93. The van der Waals surface area contributed by atoms with E-state index in [2.05, 4.69) is 222 Å². The predicted molar refractivity (Wildman–Crippen MR) is 270 cm³/mol. The maximum atomic E-state index is 8.48. The topological polar surface area (TPSA) is 23.9 Å². The van der Waals surface area contributed by atoms with Crippen LogP contribution >= 0.6 is 0 Å². The Hall–Kier alpha value is -7.35. The Labute approximate surface area is 378 Å². The van der Waals surface area contributed by atoms with E-state index in [4.69, 9.17) is 5.41 Å². The van der Waals surface area contributed by atoms with Crippen molar-refractivity contribution in [3.8, 4) is 22.3 Å². The Kier molecular flexibility index (Phi) is 10.6. The highest BCUT2D eigenvalue weighted by Gasteiger charge is 2.53. The van der Waals surface area contributed by atoms with E-state index in [1.165, 1.54) is 100 Å². The minimum Gasteiger partial charge on any atom is -0.308 e. The van der Waals surface area contributed by atoms with E-state index >= 15 is 0 Å². The molecule has 0 bridgehead atoms. The second kappa shape index (κ2) is 16.7. The summed E-state index contributed by atoms with van der Waals surface area (Å²) in [6, 6.07) is 69.8. The van der Waals surface area contributed by atoms with Crippen molar-refractivity contribution in [3.63, 3.8) is 0 Å². The molecule has 1 atom stereocenters. The van der Waals surface area contributed by atoms with Gasteiger partial charge in [-0.3, -0.25) is 0 Å². The number of fused-ring (bicyclic) bond motifs is 11. The summed E-state index contributed by atoms with van der Waals surface area (Å²) >= 11 is 0. The SMILES string of the molecule is CC1(C)c2ccccc2C2(c3ccc(C4=CC5=c6ccccc6=CCC5C=C4)cc3-c3c(C=N)cccc32)c2ccccc21.Cc1ccc(-c2ccccc2)cc1.Cc1ccccc1. The maximum Gasteiger partial charge on any atom is 0.0719 e. The molecule has 4 aliphatic carbocycles. The zero-order valence-corrected chi connectivity index (χ0v) is 37.1. The number of benzene rings is 8. The van der Waals surface area contributed by atoms with Crippen molar-refractivity contribution >= 4 is 23.4 Å². The minimum atomic E-state index is -0.445. The fourth-order valence-electron chi connectivity index (χ4n) is 10.7. The van der Waals surface area contributed by atoms with E-state index in [1.54, 1.807) is 0 Å². The average Bonchev–Trinajstić information content (AvgIpc) is 3.65. The summed E-state index contributed by atoms with van der Waals surface area (Å²) < 4.78 is 0. The molecular formula is C63H53N. The monoisotopic (exact) mass is 823 g/mol. The fraction of sp³-hybridized carbons (Fsp3) is 0.127. The van der Waals surface area contributed by atoms with Crippen LogP contribution < -0.4 is 10.4 Å². The Morgan fingerprint density at radius 2 is 1.08 bits per heavy atom. The van der Waals surface area contributed by atoms with Gasteiger partial charge in [-0.25, -0.2) is 0 Å². The Bertz CT molecular complexity index is 3190. The van der Waals surface area contributed by atoms with E-state index in [0.717, 1.165) is 12.0 Å². The van der Waals surface area contributed by atoms with Gasteiger partial charge in [0.05, 0.1) is 5.41 Å². The first kappa shape index (κ1) is 40.7. The maximum absolute atomic E-state index is 8.48. The normalized spacial score (nSPS) is 16.0. The highest BCUT2D eigenvalue weighted by molar-refractivity contribution is 5.99. The quantitative estimate of drug-likeness (QED) is 0.172. The molecule has 0 aromatic heterocycles. The summed E-state index contributed by atoms with van der Waals surface area (Å²) in [5.41, 5.74) is 19.9. The molecule has 1 heteroatoms. The molecule has 1 N–H and O–H groups in total. The number of hydrogen-bond acceptors (Lipinski definition) is 1. The first-order chi connectivity index (χ1) is 31.3. The highest BCUT2D eigenvalue weighted by Crippen LogP contribution is 2.62. The molecule has 1 spiro atoms. The van der Waals surface area contributed by atoms with E-state index in [-0.39, 0.29) is 5.41 Å². The lowest BCUT2D eigenvalue weighted by Gasteiger charge is -2.46. The van der Waals surface area contributed by atoms with Crippen molar-refractivity contribution in [1.82, 2.24) is 0 Å². The molecule has 0 amide bonds. The van der Waals surface area contributed by atoms with Crippen LogP contribution in [0.1, 0.15) is 75.9 Å². The zero-order valence-electron chi connectivity index (χ0n) is 37.1.